The molecule has 19 heavy (non-hydrogen) atoms. The van der Waals surface area contributed by atoms with Crippen LogP contribution in [0.5, 0.6) is 0 Å². The molecule has 0 amide bonds. The molecule has 1 spiro atoms. The van der Waals surface area contributed by atoms with Gasteiger partial charge in [-0.2, -0.15) is 0 Å². The molecule has 3 rings (SSSR count). The maximum absolute atomic E-state index is 10.7. The van der Waals surface area contributed by atoms with Crippen molar-refractivity contribution in [1.29, 1.82) is 0 Å². The summed E-state index contributed by atoms with van der Waals surface area (Å²) in [6.07, 6.45) is 12.1. The van der Waals surface area contributed by atoms with Crippen molar-refractivity contribution in [2.24, 2.45) is 5.92 Å². The van der Waals surface area contributed by atoms with E-state index < -0.39 is 0 Å². The first-order valence-corrected chi connectivity index (χ1v) is 8.35. The van der Waals surface area contributed by atoms with Gasteiger partial charge in [0.2, 0.25) is 0 Å². The highest BCUT2D eigenvalue weighted by molar-refractivity contribution is 4.94. The number of hydrogen-bond acceptors (Lipinski definition) is 3. The van der Waals surface area contributed by atoms with Gasteiger partial charge in [0.1, 0.15) is 0 Å². The summed E-state index contributed by atoms with van der Waals surface area (Å²) in [6.45, 7) is 1.94. The molecule has 0 aromatic rings. The first kappa shape index (κ1) is 13.8. The van der Waals surface area contributed by atoms with Crippen LogP contribution in [0.15, 0.2) is 0 Å². The van der Waals surface area contributed by atoms with Gasteiger partial charge in [-0.15, -0.1) is 0 Å². The van der Waals surface area contributed by atoms with E-state index in [1.807, 2.05) is 0 Å². The Hall–Kier alpha value is -0.120. The van der Waals surface area contributed by atoms with Crippen LogP contribution in [-0.4, -0.2) is 36.0 Å². The van der Waals surface area contributed by atoms with Gasteiger partial charge >= 0.3 is 0 Å². The van der Waals surface area contributed by atoms with Crippen molar-refractivity contribution in [2.45, 2.75) is 82.0 Å². The predicted molar refractivity (Wildman–Crippen MR) is 76.1 cm³/mol. The Morgan fingerprint density at radius 2 is 1.89 bits per heavy atom. The Morgan fingerprint density at radius 3 is 2.63 bits per heavy atom. The van der Waals surface area contributed by atoms with Gasteiger partial charge in [0, 0.05) is 12.6 Å². The fourth-order valence-electron chi connectivity index (χ4n) is 4.40. The lowest BCUT2D eigenvalue weighted by Gasteiger charge is -2.46. The molecular weight excluding hydrogens is 238 g/mol. The third kappa shape index (κ3) is 3.14. The fourth-order valence-corrected chi connectivity index (χ4v) is 4.40. The van der Waals surface area contributed by atoms with Crippen molar-refractivity contribution in [3.63, 3.8) is 0 Å². The van der Waals surface area contributed by atoms with Gasteiger partial charge < -0.3 is 15.2 Å². The molecule has 0 aromatic carbocycles. The fraction of sp³-hybridized carbons (Fsp3) is 1.00. The Kier molecular flexibility index (Phi) is 4.45. The van der Waals surface area contributed by atoms with Crippen molar-refractivity contribution in [1.82, 2.24) is 5.32 Å². The number of hydrogen-bond donors (Lipinski definition) is 2. The normalized spacial score (nSPS) is 37.1. The van der Waals surface area contributed by atoms with Crippen LogP contribution in [0.3, 0.4) is 0 Å². The molecule has 2 N–H and O–H groups in total. The highest BCUT2D eigenvalue weighted by atomic mass is 16.5. The first-order valence-electron chi connectivity index (χ1n) is 8.35. The van der Waals surface area contributed by atoms with Gasteiger partial charge in [-0.1, -0.05) is 25.7 Å². The molecule has 1 aliphatic carbocycles. The molecule has 1 saturated carbocycles. The number of ether oxygens (including phenoxy) is 1. The maximum Gasteiger partial charge on any atom is 0.0723 e. The predicted octanol–water partition coefficient (Wildman–Crippen LogP) is 2.62. The zero-order valence-electron chi connectivity index (χ0n) is 12.1. The van der Waals surface area contributed by atoms with E-state index in [1.165, 1.54) is 44.9 Å². The van der Waals surface area contributed by atoms with E-state index >= 15 is 0 Å². The molecule has 3 heteroatoms. The van der Waals surface area contributed by atoms with Crippen molar-refractivity contribution in [2.75, 3.05) is 13.2 Å². The lowest BCUT2D eigenvalue weighted by atomic mass is 9.73. The zero-order valence-corrected chi connectivity index (χ0v) is 12.1. The molecule has 0 bridgehead atoms. The van der Waals surface area contributed by atoms with Crippen molar-refractivity contribution in [3.05, 3.63) is 0 Å². The Morgan fingerprint density at radius 1 is 1.05 bits per heavy atom. The monoisotopic (exact) mass is 267 g/mol. The molecule has 3 nitrogen and oxygen atoms in total. The molecular formula is C16H29NO2. The quantitative estimate of drug-likeness (QED) is 0.808. The first-order chi connectivity index (χ1) is 9.29. The number of piperidine rings is 1. The van der Waals surface area contributed by atoms with Crippen LogP contribution in [0.25, 0.3) is 0 Å². The summed E-state index contributed by atoms with van der Waals surface area (Å²) in [6, 6.07) is 0.331. The van der Waals surface area contributed by atoms with Gasteiger partial charge in [-0.25, -0.2) is 0 Å². The van der Waals surface area contributed by atoms with E-state index in [4.69, 9.17) is 4.74 Å². The van der Waals surface area contributed by atoms with Crippen molar-refractivity contribution >= 4 is 0 Å². The molecule has 110 valence electrons. The second kappa shape index (κ2) is 6.11. The standard InChI is InChI=1S/C16H29NO2/c18-15(14-6-2-5-10-17-14)13-7-11-19-16(12-13)8-3-1-4-9-16/h13-15,17-18H,1-12H2. The Balaban J connectivity index is 1.60. The van der Waals surface area contributed by atoms with E-state index in [0.29, 0.717) is 12.0 Å². The number of rotatable bonds is 2. The molecule has 0 aromatic heterocycles. The molecule has 3 atom stereocenters. The molecule has 3 unspecified atom stereocenters. The smallest absolute Gasteiger partial charge is 0.0723 e. The van der Waals surface area contributed by atoms with Gasteiger partial charge in [0.15, 0.2) is 0 Å². The van der Waals surface area contributed by atoms with Crippen LogP contribution in [0.4, 0.5) is 0 Å². The van der Waals surface area contributed by atoms with Crippen LogP contribution >= 0.6 is 0 Å². The molecule has 2 aliphatic heterocycles. The number of aliphatic hydroxyl groups is 1. The lowest BCUT2D eigenvalue weighted by molar-refractivity contribution is -0.137. The van der Waals surface area contributed by atoms with Crippen LogP contribution in [0.1, 0.15) is 64.2 Å². The largest absolute Gasteiger partial charge is 0.391 e. The molecule has 0 radical (unpaired) electrons. The summed E-state index contributed by atoms with van der Waals surface area (Å²) < 4.78 is 6.14. The van der Waals surface area contributed by atoms with Crippen molar-refractivity contribution in [3.8, 4) is 0 Å². The van der Waals surface area contributed by atoms with E-state index in [1.54, 1.807) is 0 Å². The second-order valence-electron chi connectivity index (χ2n) is 6.89. The summed E-state index contributed by atoms with van der Waals surface area (Å²) >= 11 is 0. The minimum absolute atomic E-state index is 0.122. The summed E-state index contributed by atoms with van der Waals surface area (Å²) in [5, 5.41) is 14.2. The average molecular weight is 267 g/mol. The zero-order chi connectivity index (χ0) is 13.1. The van der Waals surface area contributed by atoms with E-state index in [9.17, 15) is 5.11 Å². The summed E-state index contributed by atoms with van der Waals surface area (Å²) in [7, 11) is 0. The maximum atomic E-state index is 10.7. The minimum Gasteiger partial charge on any atom is -0.391 e. The van der Waals surface area contributed by atoms with E-state index in [-0.39, 0.29) is 11.7 Å². The topological polar surface area (TPSA) is 41.5 Å². The second-order valence-corrected chi connectivity index (χ2v) is 6.89. The Bertz CT molecular complexity index is 277. The number of nitrogens with one attached hydrogen (secondary N) is 1. The van der Waals surface area contributed by atoms with Crippen LogP contribution in [0, 0.1) is 5.92 Å². The van der Waals surface area contributed by atoms with Gasteiger partial charge in [-0.05, 0) is 51.0 Å². The van der Waals surface area contributed by atoms with Crippen molar-refractivity contribution < 1.29 is 9.84 Å². The van der Waals surface area contributed by atoms with Gasteiger partial charge in [-0.3, -0.25) is 0 Å². The van der Waals surface area contributed by atoms with Crippen LogP contribution in [-0.2, 0) is 4.74 Å². The third-order valence-corrected chi connectivity index (χ3v) is 5.54. The summed E-state index contributed by atoms with van der Waals surface area (Å²) in [5.41, 5.74) is 0.122. The SMILES string of the molecule is OC(C1CCOC2(CCCCC2)C1)C1CCCCN1. The third-order valence-electron chi connectivity index (χ3n) is 5.54. The van der Waals surface area contributed by atoms with E-state index in [2.05, 4.69) is 5.32 Å². The molecule has 2 saturated heterocycles. The summed E-state index contributed by atoms with van der Waals surface area (Å²) in [5.74, 6) is 0.447. The highest BCUT2D eigenvalue weighted by Gasteiger charge is 2.42. The summed E-state index contributed by atoms with van der Waals surface area (Å²) in [4.78, 5) is 0. The molecule has 3 aliphatic rings. The number of aliphatic hydroxyl groups excluding tert-OH is 1. The average Bonchev–Trinajstić information content (AvgIpc) is 2.48. The van der Waals surface area contributed by atoms with Crippen LogP contribution < -0.4 is 5.32 Å². The minimum atomic E-state index is -0.164. The van der Waals surface area contributed by atoms with E-state index in [0.717, 1.165) is 32.4 Å². The lowest BCUT2D eigenvalue weighted by Crippen LogP contribution is -2.51. The van der Waals surface area contributed by atoms with Gasteiger partial charge in [0.25, 0.3) is 0 Å². The molecule has 2 heterocycles. The molecule has 3 fully saturated rings. The van der Waals surface area contributed by atoms with Crippen LogP contribution in [0.2, 0.25) is 0 Å². The Labute approximate surface area is 117 Å². The highest BCUT2D eigenvalue weighted by Crippen LogP contribution is 2.42. The van der Waals surface area contributed by atoms with Gasteiger partial charge in [0.05, 0.1) is 11.7 Å².